The van der Waals surface area contributed by atoms with Crippen LogP contribution in [0.15, 0.2) is 30.3 Å². The van der Waals surface area contributed by atoms with Gasteiger partial charge in [0.05, 0.1) is 5.60 Å². The van der Waals surface area contributed by atoms with E-state index in [2.05, 4.69) is 49.2 Å². The number of rotatable bonds is 4. The molecule has 4 rings (SSSR count). The lowest BCUT2D eigenvalue weighted by Gasteiger charge is -2.47. The molecule has 2 saturated carbocycles. The molecule has 1 aromatic carbocycles. The van der Waals surface area contributed by atoms with Crippen molar-refractivity contribution in [1.82, 2.24) is 4.90 Å². The predicted molar refractivity (Wildman–Crippen MR) is 103 cm³/mol. The topological polar surface area (TPSA) is 12.5 Å². The summed E-state index contributed by atoms with van der Waals surface area (Å²) in [6.45, 7) is 4.44. The highest BCUT2D eigenvalue weighted by Crippen LogP contribution is 2.49. The Morgan fingerprint density at radius 2 is 1.84 bits per heavy atom. The number of ether oxygens (including phenoxy) is 1. The van der Waals surface area contributed by atoms with Gasteiger partial charge in [-0.1, -0.05) is 62.9 Å². The second-order valence-corrected chi connectivity index (χ2v) is 9.22. The smallest absolute Gasteiger partial charge is 0.0690 e. The maximum absolute atomic E-state index is 6.41. The molecule has 0 N–H and O–H groups in total. The quantitative estimate of drug-likeness (QED) is 0.739. The van der Waals surface area contributed by atoms with Crippen LogP contribution in [0.2, 0.25) is 0 Å². The Morgan fingerprint density at radius 1 is 1.08 bits per heavy atom. The van der Waals surface area contributed by atoms with Crippen LogP contribution in [-0.4, -0.2) is 30.2 Å². The highest BCUT2D eigenvalue weighted by molar-refractivity contribution is 5.15. The van der Waals surface area contributed by atoms with E-state index in [9.17, 15) is 0 Å². The molecule has 2 nitrogen and oxygen atoms in total. The zero-order valence-corrected chi connectivity index (χ0v) is 16.1. The number of nitrogens with zero attached hydrogens (tertiary/aromatic N) is 1. The summed E-state index contributed by atoms with van der Waals surface area (Å²) in [6, 6.07) is 11.7. The predicted octanol–water partition coefficient (Wildman–Crippen LogP) is 5.27. The second kappa shape index (κ2) is 7.40. The summed E-state index contributed by atoms with van der Waals surface area (Å²) < 4.78 is 6.41. The standard InChI is InChI=1S/C23H35NO/c1-18-14-23(25-17-18)13-12-22(21(15-23)20-10-6-7-11-20)24(2)16-19-8-4-3-5-9-19/h3-5,8-9,18,20-22H,6-7,10-17H2,1-2H3/t18?,21-,22+,23-/m1/s1. The minimum atomic E-state index is 0.219. The van der Waals surface area contributed by atoms with Crippen molar-refractivity contribution in [1.29, 1.82) is 0 Å². The Morgan fingerprint density at radius 3 is 2.52 bits per heavy atom. The highest BCUT2D eigenvalue weighted by Gasteiger charge is 2.48. The maximum Gasteiger partial charge on any atom is 0.0690 e. The van der Waals surface area contributed by atoms with Gasteiger partial charge in [-0.25, -0.2) is 0 Å². The van der Waals surface area contributed by atoms with Crippen molar-refractivity contribution in [3.63, 3.8) is 0 Å². The first-order chi connectivity index (χ1) is 12.2. The summed E-state index contributed by atoms with van der Waals surface area (Å²) in [5.41, 5.74) is 1.66. The summed E-state index contributed by atoms with van der Waals surface area (Å²) >= 11 is 0. The molecule has 1 aliphatic heterocycles. The van der Waals surface area contributed by atoms with Crippen molar-refractivity contribution in [2.75, 3.05) is 13.7 Å². The van der Waals surface area contributed by atoms with E-state index < -0.39 is 0 Å². The van der Waals surface area contributed by atoms with Gasteiger partial charge in [0.15, 0.2) is 0 Å². The average Bonchev–Trinajstić information content (AvgIpc) is 3.26. The van der Waals surface area contributed by atoms with Gasteiger partial charge in [-0.15, -0.1) is 0 Å². The normalized spacial score (nSPS) is 36.5. The summed E-state index contributed by atoms with van der Waals surface area (Å²) in [4.78, 5) is 2.66. The van der Waals surface area contributed by atoms with Crippen LogP contribution >= 0.6 is 0 Å². The summed E-state index contributed by atoms with van der Waals surface area (Å²) in [5, 5.41) is 0. The number of hydrogen-bond donors (Lipinski definition) is 0. The Balaban J connectivity index is 1.49. The molecule has 0 aromatic heterocycles. The minimum Gasteiger partial charge on any atom is -0.375 e. The third-order valence-corrected chi connectivity index (χ3v) is 7.24. The van der Waals surface area contributed by atoms with Crippen LogP contribution in [0.5, 0.6) is 0 Å². The molecule has 2 heteroatoms. The Labute approximate surface area is 153 Å². The van der Waals surface area contributed by atoms with Crippen molar-refractivity contribution in [2.24, 2.45) is 17.8 Å². The van der Waals surface area contributed by atoms with Crippen LogP contribution in [0.1, 0.15) is 63.9 Å². The molecule has 2 aliphatic carbocycles. The summed E-state index contributed by atoms with van der Waals surface area (Å²) in [5.74, 6) is 2.51. The van der Waals surface area contributed by atoms with Crippen molar-refractivity contribution < 1.29 is 4.74 Å². The fourth-order valence-electron chi connectivity index (χ4n) is 6.08. The first-order valence-corrected chi connectivity index (χ1v) is 10.5. The Kier molecular flexibility index (Phi) is 5.20. The zero-order chi connectivity index (χ0) is 17.3. The van der Waals surface area contributed by atoms with E-state index in [1.54, 1.807) is 0 Å². The lowest BCUT2D eigenvalue weighted by atomic mass is 9.67. The van der Waals surface area contributed by atoms with Gasteiger partial charge in [0.2, 0.25) is 0 Å². The molecule has 3 aliphatic rings. The van der Waals surface area contributed by atoms with Crippen LogP contribution in [0, 0.1) is 17.8 Å². The van der Waals surface area contributed by atoms with Gasteiger partial charge in [-0.3, -0.25) is 4.90 Å². The van der Waals surface area contributed by atoms with Crippen LogP contribution in [0.25, 0.3) is 0 Å². The van der Waals surface area contributed by atoms with E-state index >= 15 is 0 Å². The third-order valence-electron chi connectivity index (χ3n) is 7.24. The van der Waals surface area contributed by atoms with E-state index in [1.165, 1.54) is 56.9 Å². The number of benzene rings is 1. The first kappa shape index (κ1) is 17.5. The third kappa shape index (κ3) is 3.80. The van der Waals surface area contributed by atoms with Gasteiger partial charge in [-0.2, -0.15) is 0 Å². The van der Waals surface area contributed by atoms with Crippen LogP contribution < -0.4 is 0 Å². The molecule has 3 fully saturated rings. The summed E-state index contributed by atoms with van der Waals surface area (Å²) in [7, 11) is 2.36. The molecule has 1 saturated heterocycles. The van der Waals surface area contributed by atoms with Crippen molar-refractivity contribution >= 4 is 0 Å². The second-order valence-electron chi connectivity index (χ2n) is 9.22. The molecule has 0 radical (unpaired) electrons. The van der Waals surface area contributed by atoms with Crippen molar-refractivity contribution in [3.8, 4) is 0 Å². The van der Waals surface area contributed by atoms with Gasteiger partial charge in [0, 0.05) is 19.2 Å². The molecule has 25 heavy (non-hydrogen) atoms. The van der Waals surface area contributed by atoms with E-state index in [0.717, 1.165) is 36.9 Å². The SMILES string of the molecule is CC1CO[C@]2(CC[C@H](N(C)Cc3ccccc3)[C@@H](C3CCCC3)C2)C1. The fourth-order valence-corrected chi connectivity index (χ4v) is 6.08. The lowest BCUT2D eigenvalue weighted by Crippen LogP contribution is -2.49. The minimum absolute atomic E-state index is 0.219. The average molecular weight is 342 g/mol. The van der Waals surface area contributed by atoms with Crippen molar-refractivity contribution in [3.05, 3.63) is 35.9 Å². The molecule has 138 valence electrons. The molecule has 1 unspecified atom stereocenters. The maximum atomic E-state index is 6.41. The van der Waals surface area contributed by atoms with Crippen LogP contribution in [0.4, 0.5) is 0 Å². The van der Waals surface area contributed by atoms with Gasteiger partial charge >= 0.3 is 0 Å². The van der Waals surface area contributed by atoms with Gasteiger partial charge in [-0.05, 0) is 56.0 Å². The van der Waals surface area contributed by atoms with Gasteiger partial charge in [0.1, 0.15) is 0 Å². The molecule has 0 amide bonds. The monoisotopic (exact) mass is 341 g/mol. The van der Waals surface area contributed by atoms with Crippen LogP contribution in [-0.2, 0) is 11.3 Å². The number of hydrogen-bond acceptors (Lipinski definition) is 2. The highest BCUT2D eigenvalue weighted by atomic mass is 16.5. The van der Waals surface area contributed by atoms with E-state index in [-0.39, 0.29) is 5.60 Å². The van der Waals surface area contributed by atoms with E-state index in [4.69, 9.17) is 4.74 Å². The Hall–Kier alpha value is -0.860. The lowest BCUT2D eigenvalue weighted by molar-refractivity contribution is -0.0750. The molecular formula is C23H35NO. The van der Waals surface area contributed by atoms with E-state index in [0.29, 0.717) is 0 Å². The zero-order valence-electron chi connectivity index (χ0n) is 16.1. The molecule has 1 spiro atoms. The molecule has 4 atom stereocenters. The molecule has 1 heterocycles. The van der Waals surface area contributed by atoms with Crippen molar-refractivity contribution in [2.45, 2.75) is 76.5 Å². The van der Waals surface area contributed by atoms with Crippen LogP contribution in [0.3, 0.4) is 0 Å². The largest absolute Gasteiger partial charge is 0.375 e. The fraction of sp³-hybridized carbons (Fsp3) is 0.739. The molecular weight excluding hydrogens is 306 g/mol. The molecule has 0 bridgehead atoms. The molecule has 1 aromatic rings. The first-order valence-electron chi connectivity index (χ1n) is 10.5. The van der Waals surface area contributed by atoms with Gasteiger partial charge in [0.25, 0.3) is 0 Å². The summed E-state index contributed by atoms with van der Waals surface area (Å²) in [6.07, 6.45) is 11.0. The van der Waals surface area contributed by atoms with Gasteiger partial charge < -0.3 is 4.74 Å². The van der Waals surface area contributed by atoms with E-state index in [1.807, 2.05) is 0 Å². The Bertz CT molecular complexity index is 552.